The van der Waals surface area contributed by atoms with Crippen molar-refractivity contribution in [1.82, 2.24) is 0 Å². The Labute approximate surface area is 170 Å². The van der Waals surface area contributed by atoms with Crippen molar-refractivity contribution in [1.29, 1.82) is 0 Å². The number of carbonyl (C=O) groups excluding carboxylic acids is 2. The summed E-state index contributed by atoms with van der Waals surface area (Å²) in [7, 11) is 0. The number of rotatable bonds is 17. The minimum atomic E-state index is -1.19. The third-order valence-electron chi connectivity index (χ3n) is 5.02. The molecule has 0 N–H and O–H groups in total. The number of carboxylic acid groups (broad SMARTS) is 1. The fourth-order valence-electron chi connectivity index (χ4n) is 3.28. The summed E-state index contributed by atoms with van der Waals surface area (Å²) >= 11 is 0. The Morgan fingerprint density at radius 3 is 2.14 bits per heavy atom. The van der Waals surface area contributed by atoms with E-state index in [0.717, 1.165) is 32.1 Å². The molecule has 0 bridgehead atoms. The van der Waals surface area contributed by atoms with Crippen LogP contribution in [0, 0.1) is 0 Å². The van der Waals surface area contributed by atoms with Gasteiger partial charge in [0.2, 0.25) is 0 Å². The standard InChI is InChI=1S/C24H38O4/c1-3-5-7-9-11-13-18-23(24(26)27)28-21-16-14-15-20(19-21)22(25)17-12-10-8-6-4-2/h14-16,19,23H,3-13,17-18H2,1-2H3,(H,26,27)/p-1. The number of hydrogen-bond donors (Lipinski definition) is 0. The molecule has 0 saturated carbocycles. The van der Waals surface area contributed by atoms with Gasteiger partial charge in [0.15, 0.2) is 5.78 Å². The first-order valence-electron chi connectivity index (χ1n) is 11.1. The van der Waals surface area contributed by atoms with E-state index in [2.05, 4.69) is 13.8 Å². The van der Waals surface area contributed by atoms with Crippen LogP contribution in [0.1, 0.15) is 108 Å². The van der Waals surface area contributed by atoms with Gasteiger partial charge in [-0.25, -0.2) is 0 Å². The fourth-order valence-corrected chi connectivity index (χ4v) is 3.28. The average molecular weight is 390 g/mol. The van der Waals surface area contributed by atoms with E-state index in [1.807, 2.05) is 0 Å². The maximum absolute atomic E-state index is 12.4. The van der Waals surface area contributed by atoms with E-state index in [0.29, 0.717) is 24.2 Å². The van der Waals surface area contributed by atoms with Gasteiger partial charge in [-0.05, 0) is 31.4 Å². The van der Waals surface area contributed by atoms with Gasteiger partial charge >= 0.3 is 0 Å². The first-order valence-corrected chi connectivity index (χ1v) is 11.1. The van der Waals surface area contributed by atoms with E-state index in [9.17, 15) is 14.7 Å². The SMILES string of the molecule is CCCCCCCCC(Oc1cccc(C(=O)CCCCCCC)c1)C(=O)[O-]. The van der Waals surface area contributed by atoms with Crippen molar-refractivity contribution >= 4 is 11.8 Å². The second-order valence-electron chi connectivity index (χ2n) is 7.60. The molecule has 1 aromatic rings. The van der Waals surface area contributed by atoms with Crippen LogP contribution in [0.4, 0.5) is 0 Å². The summed E-state index contributed by atoms with van der Waals surface area (Å²) in [6.45, 7) is 4.34. The summed E-state index contributed by atoms with van der Waals surface area (Å²) in [5.41, 5.74) is 0.588. The number of ketones is 1. The van der Waals surface area contributed by atoms with Gasteiger partial charge in [0.25, 0.3) is 0 Å². The van der Waals surface area contributed by atoms with Crippen molar-refractivity contribution in [2.24, 2.45) is 0 Å². The highest BCUT2D eigenvalue weighted by atomic mass is 16.5. The molecule has 1 rings (SSSR count). The van der Waals surface area contributed by atoms with Gasteiger partial charge in [0, 0.05) is 12.0 Å². The van der Waals surface area contributed by atoms with E-state index in [4.69, 9.17) is 4.74 Å². The van der Waals surface area contributed by atoms with Crippen LogP contribution in [0.5, 0.6) is 5.75 Å². The highest BCUT2D eigenvalue weighted by Gasteiger charge is 2.13. The highest BCUT2D eigenvalue weighted by molar-refractivity contribution is 5.96. The zero-order chi connectivity index (χ0) is 20.6. The molecule has 0 fully saturated rings. The maximum Gasteiger partial charge on any atom is 0.163 e. The Balaban J connectivity index is 2.48. The summed E-state index contributed by atoms with van der Waals surface area (Å²) in [5, 5.41) is 11.4. The molecule has 158 valence electrons. The van der Waals surface area contributed by atoms with Crippen LogP contribution in [0.25, 0.3) is 0 Å². The fraction of sp³-hybridized carbons (Fsp3) is 0.667. The molecule has 0 amide bonds. The molecule has 0 aliphatic rings. The Morgan fingerprint density at radius 2 is 1.50 bits per heavy atom. The number of unbranched alkanes of at least 4 members (excludes halogenated alkanes) is 9. The number of carbonyl (C=O) groups is 2. The lowest BCUT2D eigenvalue weighted by atomic mass is 10.0. The number of carboxylic acids is 1. The van der Waals surface area contributed by atoms with E-state index in [1.165, 1.54) is 38.5 Å². The zero-order valence-corrected chi connectivity index (χ0v) is 17.7. The molecular formula is C24H37O4-. The van der Waals surface area contributed by atoms with Crippen molar-refractivity contribution in [2.45, 2.75) is 103 Å². The minimum absolute atomic E-state index is 0.0860. The molecule has 0 spiro atoms. The smallest absolute Gasteiger partial charge is 0.163 e. The largest absolute Gasteiger partial charge is 0.546 e. The van der Waals surface area contributed by atoms with E-state index in [-0.39, 0.29) is 5.78 Å². The Kier molecular flexibility index (Phi) is 13.1. The molecule has 28 heavy (non-hydrogen) atoms. The zero-order valence-electron chi connectivity index (χ0n) is 17.7. The van der Waals surface area contributed by atoms with Gasteiger partial charge in [0.05, 0.1) is 5.97 Å². The number of hydrogen-bond acceptors (Lipinski definition) is 4. The molecule has 0 aliphatic carbocycles. The lowest BCUT2D eigenvalue weighted by Crippen LogP contribution is -2.39. The predicted octanol–water partition coefficient (Wildman–Crippen LogP) is 5.48. The molecular weight excluding hydrogens is 352 g/mol. The summed E-state index contributed by atoms with van der Waals surface area (Å²) < 4.78 is 5.64. The second-order valence-corrected chi connectivity index (χ2v) is 7.60. The Hall–Kier alpha value is -1.84. The average Bonchev–Trinajstić information content (AvgIpc) is 2.69. The van der Waals surface area contributed by atoms with Gasteiger partial charge in [-0.2, -0.15) is 0 Å². The van der Waals surface area contributed by atoms with Crippen LogP contribution >= 0.6 is 0 Å². The van der Waals surface area contributed by atoms with E-state index in [1.54, 1.807) is 24.3 Å². The Bertz CT molecular complexity index is 567. The van der Waals surface area contributed by atoms with Crippen LogP contribution < -0.4 is 9.84 Å². The quantitative estimate of drug-likeness (QED) is 0.261. The number of aliphatic carboxylic acids is 1. The van der Waals surface area contributed by atoms with Gasteiger partial charge in [-0.15, -0.1) is 0 Å². The number of benzene rings is 1. The number of ether oxygens (including phenoxy) is 1. The molecule has 1 aromatic carbocycles. The minimum Gasteiger partial charge on any atom is -0.546 e. The molecule has 1 unspecified atom stereocenters. The summed E-state index contributed by atoms with van der Waals surface area (Å²) in [6.07, 6.45) is 12.0. The molecule has 0 aromatic heterocycles. The van der Waals surface area contributed by atoms with Gasteiger partial charge in [-0.1, -0.05) is 83.8 Å². The molecule has 0 aliphatic heterocycles. The summed E-state index contributed by atoms with van der Waals surface area (Å²) in [4.78, 5) is 23.8. The Morgan fingerprint density at radius 1 is 0.893 bits per heavy atom. The highest BCUT2D eigenvalue weighted by Crippen LogP contribution is 2.19. The van der Waals surface area contributed by atoms with Crippen molar-refractivity contribution in [2.75, 3.05) is 0 Å². The van der Waals surface area contributed by atoms with Gasteiger partial charge < -0.3 is 14.6 Å². The lowest BCUT2D eigenvalue weighted by Gasteiger charge is -2.20. The molecule has 0 radical (unpaired) electrons. The number of Topliss-reactive ketones (excluding diaryl/α,β-unsaturated/α-hetero) is 1. The van der Waals surface area contributed by atoms with Crippen LogP contribution in [-0.2, 0) is 4.79 Å². The third kappa shape index (κ3) is 10.5. The van der Waals surface area contributed by atoms with Crippen molar-refractivity contribution < 1.29 is 19.4 Å². The first kappa shape index (κ1) is 24.2. The summed E-state index contributed by atoms with van der Waals surface area (Å²) in [5.74, 6) is -0.680. The first-order chi connectivity index (χ1) is 13.6. The normalized spacial score (nSPS) is 11.9. The third-order valence-corrected chi connectivity index (χ3v) is 5.02. The molecule has 0 heterocycles. The monoisotopic (exact) mass is 389 g/mol. The van der Waals surface area contributed by atoms with Crippen LogP contribution in [-0.4, -0.2) is 17.9 Å². The lowest BCUT2D eigenvalue weighted by molar-refractivity contribution is -0.313. The van der Waals surface area contributed by atoms with E-state index < -0.39 is 12.1 Å². The molecule has 4 nitrogen and oxygen atoms in total. The van der Waals surface area contributed by atoms with Crippen LogP contribution in [0.15, 0.2) is 24.3 Å². The van der Waals surface area contributed by atoms with Crippen molar-refractivity contribution in [3.8, 4) is 5.75 Å². The molecule has 0 saturated heterocycles. The van der Waals surface area contributed by atoms with Crippen molar-refractivity contribution in [3.63, 3.8) is 0 Å². The summed E-state index contributed by atoms with van der Waals surface area (Å²) in [6, 6.07) is 6.88. The van der Waals surface area contributed by atoms with Crippen molar-refractivity contribution in [3.05, 3.63) is 29.8 Å². The van der Waals surface area contributed by atoms with Crippen LogP contribution in [0.3, 0.4) is 0 Å². The molecule has 1 atom stereocenters. The topological polar surface area (TPSA) is 66.4 Å². The van der Waals surface area contributed by atoms with Gasteiger partial charge in [0.1, 0.15) is 11.9 Å². The van der Waals surface area contributed by atoms with Crippen LogP contribution in [0.2, 0.25) is 0 Å². The second kappa shape index (κ2) is 15.1. The molecule has 4 heteroatoms. The predicted molar refractivity (Wildman–Crippen MR) is 112 cm³/mol. The maximum atomic E-state index is 12.4. The van der Waals surface area contributed by atoms with E-state index >= 15 is 0 Å². The van der Waals surface area contributed by atoms with Gasteiger partial charge in [-0.3, -0.25) is 4.79 Å².